The van der Waals surface area contributed by atoms with Crippen LogP contribution in [0.5, 0.6) is 5.75 Å². The van der Waals surface area contributed by atoms with Crippen LogP contribution in [-0.4, -0.2) is 31.4 Å². The van der Waals surface area contributed by atoms with Gasteiger partial charge in [0.05, 0.1) is 5.75 Å². The Labute approximate surface area is 227 Å². The van der Waals surface area contributed by atoms with Crippen LogP contribution in [0.4, 0.5) is 5.13 Å². The lowest BCUT2D eigenvalue weighted by molar-refractivity contribution is -0.113. The van der Waals surface area contributed by atoms with E-state index in [-0.39, 0.29) is 18.3 Å². The molecule has 0 aliphatic heterocycles. The number of nitrogens with zero attached hydrogens (tertiary/aromatic N) is 4. The number of halogens is 2. The van der Waals surface area contributed by atoms with Gasteiger partial charge in [0, 0.05) is 34.1 Å². The molecular weight excluding hydrogens is 537 g/mol. The summed E-state index contributed by atoms with van der Waals surface area (Å²) >= 11 is 14.9. The van der Waals surface area contributed by atoms with Gasteiger partial charge in [0.1, 0.15) is 12.4 Å². The average Bonchev–Trinajstić information content (AvgIpc) is 3.46. The number of amides is 1. The summed E-state index contributed by atoms with van der Waals surface area (Å²) in [6, 6.07) is 13.2. The van der Waals surface area contributed by atoms with Crippen molar-refractivity contribution in [1.29, 1.82) is 0 Å². The molecule has 0 saturated carbocycles. The number of rotatable bonds is 11. The minimum absolute atomic E-state index is 0.159. The van der Waals surface area contributed by atoms with Crippen molar-refractivity contribution in [3.05, 3.63) is 93.2 Å². The summed E-state index contributed by atoms with van der Waals surface area (Å²) in [6.07, 6.45) is 4.10. The van der Waals surface area contributed by atoms with Gasteiger partial charge in [-0.1, -0.05) is 64.8 Å². The highest BCUT2D eigenvalue weighted by Gasteiger charge is 2.15. The van der Waals surface area contributed by atoms with Gasteiger partial charge in [-0.25, -0.2) is 4.98 Å². The summed E-state index contributed by atoms with van der Waals surface area (Å²) in [7, 11) is 0. The van der Waals surface area contributed by atoms with Crippen molar-refractivity contribution >= 4 is 57.3 Å². The minimum Gasteiger partial charge on any atom is -0.486 e. The second kappa shape index (κ2) is 12.4. The zero-order valence-electron chi connectivity index (χ0n) is 19.4. The number of carbonyl (C=O) groups is 1. The first kappa shape index (κ1) is 26.2. The predicted molar refractivity (Wildman–Crippen MR) is 146 cm³/mol. The fourth-order valence-corrected chi connectivity index (χ4v) is 5.31. The summed E-state index contributed by atoms with van der Waals surface area (Å²) in [5.41, 5.74) is 2.11. The van der Waals surface area contributed by atoms with Gasteiger partial charge in [0.25, 0.3) is 0 Å². The van der Waals surface area contributed by atoms with Crippen molar-refractivity contribution in [2.45, 2.75) is 31.7 Å². The van der Waals surface area contributed by atoms with Gasteiger partial charge in [-0.05, 0) is 36.8 Å². The Bertz CT molecular complexity index is 1350. The number of aryl methyl sites for hydroxylation is 1. The third-order valence-corrected chi connectivity index (χ3v) is 7.47. The van der Waals surface area contributed by atoms with Crippen LogP contribution in [0.1, 0.15) is 21.8 Å². The molecule has 4 rings (SSSR count). The normalized spacial score (nSPS) is 10.9. The number of allylic oxidation sites excluding steroid dienone is 1. The van der Waals surface area contributed by atoms with Crippen molar-refractivity contribution < 1.29 is 9.53 Å². The zero-order valence-corrected chi connectivity index (χ0v) is 22.6. The van der Waals surface area contributed by atoms with Crippen LogP contribution in [0.2, 0.25) is 10.0 Å². The standard InChI is InChI=1S/C25H23Cl2N5O2S2/c1-3-10-32-22(14-34-19-8-4-16(2)5-9-19)30-31-25(32)35-15-23(33)29-24-28-13-20(36-24)11-17-6-7-18(26)12-21(17)27/h3-9,12-13H,1,10-11,14-15H2,2H3,(H,28,29,33). The molecule has 0 unspecified atom stereocenters. The Morgan fingerprint density at radius 1 is 1.22 bits per heavy atom. The number of hydrogen-bond acceptors (Lipinski definition) is 7. The molecule has 0 aliphatic rings. The number of ether oxygens (including phenoxy) is 1. The predicted octanol–water partition coefficient (Wildman–Crippen LogP) is 6.44. The molecule has 7 nitrogen and oxygen atoms in total. The van der Waals surface area contributed by atoms with Crippen LogP contribution in [0.3, 0.4) is 0 Å². The Kier molecular flexibility index (Phi) is 9.03. The third kappa shape index (κ3) is 7.10. The summed E-state index contributed by atoms with van der Waals surface area (Å²) in [5, 5.41) is 13.7. The van der Waals surface area contributed by atoms with E-state index in [4.69, 9.17) is 27.9 Å². The number of anilines is 1. The maximum Gasteiger partial charge on any atom is 0.236 e. The first-order valence-electron chi connectivity index (χ1n) is 10.9. The molecule has 0 radical (unpaired) electrons. The fourth-order valence-electron chi connectivity index (χ4n) is 3.21. The van der Waals surface area contributed by atoms with Gasteiger partial charge in [-0.3, -0.25) is 9.36 Å². The summed E-state index contributed by atoms with van der Waals surface area (Å²) in [6.45, 7) is 6.60. The molecule has 1 amide bonds. The maximum atomic E-state index is 12.6. The number of thioether (sulfide) groups is 1. The molecule has 11 heteroatoms. The molecule has 186 valence electrons. The molecule has 0 bridgehead atoms. The van der Waals surface area contributed by atoms with Crippen LogP contribution in [0, 0.1) is 6.92 Å². The lowest BCUT2D eigenvalue weighted by Gasteiger charge is -2.09. The number of aromatic nitrogens is 4. The summed E-state index contributed by atoms with van der Waals surface area (Å²) < 4.78 is 7.73. The highest BCUT2D eigenvalue weighted by atomic mass is 35.5. The summed E-state index contributed by atoms with van der Waals surface area (Å²) in [5.74, 6) is 1.38. The van der Waals surface area contributed by atoms with Gasteiger partial charge >= 0.3 is 0 Å². The second-order valence-electron chi connectivity index (χ2n) is 7.78. The number of carbonyl (C=O) groups excluding carboxylic acids is 1. The van der Waals surface area contributed by atoms with Gasteiger partial charge in [0.15, 0.2) is 16.1 Å². The summed E-state index contributed by atoms with van der Waals surface area (Å²) in [4.78, 5) is 17.8. The quantitative estimate of drug-likeness (QED) is 0.168. The highest BCUT2D eigenvalue weighted by molar-refractivity contribution is 7.99. The van der Waals surface area contributed by atoms with Gasteiger partial charge in [-0.2, -0.15) is 0 Å². The lowest BCUT2D eigenvalue weighted by Crippen LogP contribution is -2.14. The van der Waals surface area contributed by atoms with Crippen molar-refractivity contribution in [2.75, 3.05) is 11.1 Å². The molecule has 0 spiro atoms. The van der Waals surface area contributed by atoms with E-state index in [1.165, 1.54) is 23.1 Å². The van der Waals surface area contributed by atoms with E-state index in [9.17, 15) is 4.79 Å². The molecular formula is C25H23Cl2N5O2S2. The molecule has 2 heterocycles. The van der Waals surface area contributed by atoms with Crippen molar-refractivity contribution in [3.8, 4) is 5.75 Å². The molecule has 4 aromatic rings. The largest absolute Gasteiger partial charge is 0.486 e. The van der Waals surface area contributed by atoms with Crippen molar-refractivity contribution in [3.63, 3.8) is 0 Å². The number of thiazole rings is 1. The van der Waals surface area contributed by atoms with Gasteiger partial charge < -0.3 is 10.1 Å². The Morgan fingerprint density at radius 3 is 2.78 bits per heavy atom. The average molecular weight is 561 g/mol. The highest BCUT2D eigenvalue weighted by Crippen LogP contribution is 2.27. The molecule has 0 saturated heterocycles. The van der Waals surface area contributed by atoms with Crippen LogP contribution >= 0.6 is 46.3 Å². The number of hydrogen-bond donors (Lipinski definition) is 1. The fraction of sp³-hybridized carbons (Fsp3) is 0.200. The molecule has 2 aromatic carbocycles. The zero-order chi connectivity index (χ0) is 25.5. The van der Waals surface area contributed by atoms with Crippen LogP contribution in [0.25, 0.3) is 0 Å². The van der Waals surface area contributed by atoms with E-state index in [0.29, 0.717) is 39.1 Å². The number of nitrogens with one attached hydrogen (secondary N) is 1. The first-order chi connectivity index (χ1) is 17.4. The van der Waals surface area contributed by atoms with E-state index < -0.39 is 0 Å². The molecule has 0 fully saturated rings. The van der Waals surface area contributed by atoms with Crippen LogP contribution < -0.4 is 10.1 Å². The monoisotopic (exact) mass is 559 g/mol. The van der Waals surface area contributed by atoms with E-state index in [1.807, 2.05) is 41.8 Å². The minimum atomic E-state index is -0.184. The van der Waals surface area contributed by atoms with Crippen LogP contribution in [-0.2, 0) is 24.4 Å². The van der Waals surface area contributed by atoms with E-state index in [0.717, 1.165) is 21.8 Å². The maximum absolute atomic E-state index is 12.6. The van der Waals surface area contributed by atoms with E-state index in [1.54, 1.807) is 24.4 Å². The van der Waals surface area contributed by atoms with E-state index >= 15 is 0 Å². The Morgan fingerprint density at radius 2 is 2.03 bits per heavy atom. The van der Waals surface area contributed by atoms with Crippen molar-refractivity contribution in [1.82, 2.24) is 19.7 Å². The molecule has 0 aliphatic carbocycles. The number of benzene rings is 2. The molecule has 36 heavy (non-hydrogen) atoms. The SMILES string of the molecule is C=CCn1c(COc2ccc(C)cc2)nnc1SCC(=O)Nc1ncc(Cc2ccc(Cl)cc2Cl)s1. The van der Waals surface area contributed by atoms with Gasteiger partial charge in [0.2, 0.25) is 5.91 Å². The Balaban J connectivity index is 1.32. The van der Waals surface area contributed by atoms with E-state index in [2.05, 4.69) is 27.1 Å². The first-order valence-corrected chi connectivity index (χ1v) is 13.5. The Hall–Kier alpha value is -2.85. The van der Waals surface area contributed by atoms with Crippen molar-refractivity contribution in [2.24, 2.45) is 0 Å². The second-order valence-corrected chi connectivity index (χ2v) is 10.7. The molecule has 0 atom stereocenters. The lowest BCUT2D eigenvalue weighted by atomic mass is 10.1. The smallest absolute Gasteiger partial charge is 0.236 e. The van der Waals surface area contributed by atoms with Gasteiger partial charge in [-0.15, -0.1) is 28.1 Å². The van der Waals surface area contributed by atoms with Crippen LogP contribution in [0.15, 0.2) is 66.5 Å². The topological polar surface area (TPSA) is 81.9 Å². The third-order valence-electron chi connectivity index (χ3n) is 5.01. The molecule has 2 aromatic heterocycles. The molecule has 1 N–H and O–H groups in total.